The van der Waals surface area contributed by atoms with Gasteiger partial charge >= 0.3 is 0 Å². The zero-order valence-electron chi connectivity index (χ0n) is 14.8. The number of nitrogens with one attached hydrogen (secondary N) is 2. The van der Waals surface area contributed by atoms with Crippen molar-refractivity contribution in [3.8, 4) is 0 Å². The van der Waals surface area contributed by atoms with Crippen molar-refractivity contribution in [2.75, 3.05) is 25.0 Å². The molecule has 0 radical (unpaired) electrons. The average molecular weight is 552 g/mol. The van der Waals surface area contributed by atoms with E-state index in [1.165, 1.54) is 18.2 Å². The fourth-order valence-electron chi connectivity index (χ4n) is 2.93. The van der Waals surface area contributed by atoms with Crippen molar-refractivity contribution < 1.29 is 8.78 Å². The molecule has 2 N–H and O–H groups in total. The van der Waals surface area contributed by atoms with Crippen LogP contribution in [0.2, 0.25) is 0 Å². The van der Waals surface area contributed by atoms with Gasteiger partial charge in [0.15, 0.2) is 17.6 Å². The Balaban J connectivity index is 0.00000261. The molecule has 0 bridgehead atoms. The molecule has 0 spiro atoms. The van der Waals surface area contributed by atoms with E-state index < -0.39 is 0 Å². The number of rotatable bonds is 4. The van der Waals surface area contributed by atoms with Gasteiger partial charge in [-0.3, -0.25) is 4.99 Å². The predicted molar refractivity (Wildman–Crippen MR) is 118 cm³/mol. The lowest BCUT2D eigenvalue weighted by Gasteiger charge is -2.20. The molecular weight excluding hydrogens is 531 g/mol. The Morgan fingerprint density at radius 3 is 2.93 bits per heavy atom. The molecular formula is C18H21BrF2IN5. The van der Waals surface area contributed by atoms with Crippen molar-refractivity contribution in [3.63, 3.8) is 0 Å². The zero-order chi connectivity index (χ0) is 18.5. The van der Waals surface area contributed by atoms with Crippen LogP contribution in [0.5, 0.6) is 0 Å². The molecule has 146 valence electrons. The van der Waals surface area contributed by atoms with E-state index in [2.05, 4.69) is 36.5 Å². The first-order chi connectivity index (χ1) is 12.6. The zero-order valence-corrected chi connectivity index (χ0v) is 18.7. The molecule has 1 atom stereocenters. The van der Waals surface area contributed by atoms with E-state index in [-0.39, 0.29) is 41.7 Å². The number of nitrogens with zero attached hydrogens (tertiary/aromatic N) is 3. The Morgan fingerprint density at radius 1 is 1.37 bits per heavy atom. The molecule has 0 saturated carbocycles. The summed E-state index contributed by atoms with van der Waals surface area (Å²) < 4.78 is 28.1. The molecule has 1 saturated heterocycles. The molecule has 9 heteroatoms. The first-order valence-electron chi connectivity index (χ1n) is 8.33. The SMILES string of the molecule is CN=C(NCc1cc(F)ccc1Br)NC1CCN(c2ncccc2F)C1.I. The highest BCUT2D eigenvalue weighted by molar-refractivity contribution is 14.0. The van der Waals surface area contributed by atoms with Gasteiger partial charge in [0.2, 0.25) is 0 Å². The summed E-state index contributed by atoms with van der Waals surface area (Å²) in [5.41, 5.74) is 0.802. The molecule has 2 aromatic rings. The number of aliphatic imine (C=N–C) groups is 1. The third kappa shape index (κ3) is 5.74. The molecule has 1 aromatic carbocycles. The van der Waals surface area contributed by atoms with Crippen LogP contribution in [0.1, 0.15) is 12.0 Å². The Labute approximate surface area is 182 Å². The standard InChI is InChI=1S/C18H20BrF2N5.HI/c1-22-18(24-10-12-9-13(20)4-5-15(12)19)25-14-6-8-26(11-14)17-16(21)3-2-7-23-17;/h2-5,7,9,14H,6,8,10-11H2,1H3,(H2,22,24,25);1H. The maximum Gasteiger partial charge on any atom is 0.191 e. The van der Waals surface area contributed by atoms with Gasteiger partial charge in [0.05, 0.1) is 0 Å². The largest absolute Gasteiger partial charge is 0.352 e. The van der Waals surface area contributed by atoms with Gasteiger partial charge in [0.1, 0.15) is 5.82 Å². The highest BCUT2D eigenvalue weighted by Gasteiger charge is 2.25. The van der Waals surface area contributed by atoms with Crippen LogP contribution >= 0.6 is 39.9 Å². The second kappa shape index (κ2) is 10.2. The van der Waals surface area contributed by atoms with Gasteiger partial charge in [-0.25, -0.2) is 13.8 Å². The predicted octanol–water partition coefficient (Wildman–Crippen LogP) is 3.68. The van der Waals surface area contributed by atoms with Crippen LogP contribution in [0.25, 0.3) is 0 Å². The van der Waals surface area contributed by atoms with Gasteiger partial charge in [0.25, 0.3) is 0 Å². The number of aromatic nitrogens is 1. The summed E-state index contributed by atoms with van der Waals surface area (Å²) in [6.07, 6.45) is 2.44. The van der Waals surface area contributed by atoms with Crippen molar-refractivity contribution >= 4 is 51.7 Å². The number of hydrogen-bond donors (Lipinski definition) is 2. The normalized spacial score (nSPS) is 16.8. The highest BCUT2D eigenvalue weighted by Crippen LogP contribution is 2.21. The summed E-state index contributed by atoms with van der Waals surface area (Å²) in [6.45, 7) is 1.79. The first-order valence-corrected chi connectivity index (χ1v) is 9.12. The van der Waals surface area contributed by atoms with Gasteiger partial charge in [-0.15, -0.1) is 24.0 Å². The number of benzene rings is 1. The number of pyridine rings is 1. The molecule has 1 aliphatic heterocycles. The molecule has 27 heavy (non-hydrogen) atoms. The summed E-state index contributed by atoms with van der Waals surface area (Å²) in [4.78, 5) is 10.3. The maximum absolute atomic E-state index is 13.9. The van der Waals surface area contributed by atoms with Gasteiger partial charge in [-0.2, -0.15) is 0 Å². The third-order valence-corrected chi connectivity index (χ3v) is 5.02. The lowest BCUT2D eigenvalue weighted by Crippen LogP contribution is -2.44. The van der Waals surface area contributed by atoms with Gasteiger partial charge < -0.3 is 15.5 Å². The van der Waals surface area contributed by atoms with Gasteiger partial charge in [-0.05, 0) is 42.3 Å². The molecule has 0 aliphatic carbocycles. The van der Waals surface area contributed by atoms with Crippen LogP contribution in [-0.4, -0.2) is 37.1 Å². The summed E-state index contributed by atoms with van der Waals surface area (Å²) in [7, 11) is 1.68. The second-order valence-corrected chi connectivity index (χ2v) is 6.90. The summed E-state index contributed by atoms with van der Waals surface area (Å²) in [5, 5.41) is 6.51. The summed E-state index contributed by atoms with van der Waals surface area (Å²) in [6, 6.07) is 7.69. The van der Waals surface area contributed by atoms with Crippen molar-refractivity contribution in [1.82, 2.24) is 15.6 Å². The number of hydrogen-bond acceptors (Lipinski definition) is 3. The van der Waals surface area contributed by atoms with Crippen LogP contribution < -0.4 is 15.5 Å². The molecule has 1 unspecified atom stereocenters. The second-order valence-electron chi connectivity index (χ2n) is 6.05. The van der Waals surface area contributed by atoms with Gasteiger partial charge in [0, 0.05) is 43.4 Å². The molecule has 3 rings (SSSR count). The van der Waals surface area contributed by atoms with E-state index in [9.17, 15) is 8.78 Å². The maximum atomic E-state index is 13.9. The summed E-state index contributed by atoms with van der Waals surface area (Å²) in [5.74, 6) is 0.404. The smallest absolute Gasteiger partial charge is 0.191 e. The van der Waals surface area contributed by atoms with E-state index in [0.29, 0.717) is 24.9 Å². The molecule has 1 fully saturated rings. The quantitative estimate of drug-likeness (QED) is 0.346. The van der Waals surface area contributed by atoms with Crippen LogP contribution in [0, 0.1) is 11.6 Å². The van der Waals surface area contributed by atoms with Crippen LogP contribution in [0.4, 0.5) is 14.6 Å². The lowest BCUT2D eigenvalue weighted by atomic mass is 10.2. The van der Waals surface area contributed by atoms with E-state index >= 15 is 0 Å². The third-order valence-electron chi connectivity index (χ3n) is 4.25. The number of halogens is 4. The topological polar surface area (TPSA) is 52.6 Å². The Kier molecular flexibility index (Phi) is 8.21. The number of guanidine groups is 1. The van der Waals surface area contributed by atoms with E-state index in [0.717, 1.165) is 23.0 Å². The number of anilines is 1. The molecule has 2 heterocycles. The minimum atomic E-state index is -0.313. The Morgan fingerprint density at radius 2 is 2.19 bits per heavy atom. The molecule has 5 nitrogen and oxygen atoms in total. The van der Waals surface area contributed by atoms with Gasteiger partial charge in [-0.1, -0.05) is 15.9 Å². The fraction of sp³-hybridized carbons (Fsp3) is 0.333. The highest BCUT2D eigenvalue weighted by atomic mass is 127. The van der Waals surface area contributed by atoms with Crippen LogP contribution in [-0.2, 0) is 6.54 Å². The van der Waals surface area contributed by atoms with Crippen LogP contribution in [0.15, 0.2) is 46.0 Å². The average Bonchev–Trinajstić information content (AvgIpc) is 3.10. The first kappa shape index (κ1) is 21.8. The monoisotopic (exact) mass is 551 g/mol. The molecule has 1 aromatic heterocycles. The lowest BCUT2D eigenvalue weighted by molar-refractivity contribution is 0.612. The van der Waals surface area contributed by atoms with E-state index in [1.807, 2.05) is 4.90 Å². The Hall–Kier alpha value is -1.49. The summed E-state index contributed by atoms with van der Waals surface area (Å²) >= 11 is 3.42. The minimum Gasteiger partial charge on any atom is -0.352 e. The van der Waals surface area contributed by atoms with Crippen molar-refractivity contribution in [3.05, 3.63) is 58.2 Å². The minimum absolute atomic E-state index is 0. The van der Waals surface area contributed by atoms with Crippen molar-refractivity contribution in [2.45, 2.75) is 19.0 Å². The molecule has 1 aliphatic rings. The Bertz CT molecular complexity index is 805. The van der Waals surface area contributed by atoms with Crippen LogP contribution in [0.3, 0.4) is 0 Å². The van der Waals surface area contributed by atoms with Crippen molar-refractivity contribution in [1.29, 1.82) is 0 Å². The van der Waals surface area contributed by atoms with Crippen molar-refractivity contribution in [2.24, 2.45) is 4.99 Å². The van der Waals surface area contributed by atoms with E-state index in [4.69, 9.17) is 0 Å². The van der Waals surface area contributed by atoms with E-state index in [1.54, 1.807) is 25.4 Å². The fourth-order valence-corrected chi connectivity index (χ4v) is 3.31. The molecule has 0 amide bonds.